The van der Waals surface area contributed by atoms with Gasteiger partial charge < -0.3 is 15.8 Å². The van der Waals surface area contributed by atoms with Gasteiger partial charge in [0.25, 0.3) is 5.91 Å². The molecule has 1 aromatic carbocycles. The lowest BCUT2D eigenvalue weighted by atomic mass is 9.76. The van der Waals surface area contributed by atoms with E-state index < -0.39 is 34.6 Å². The summed E-state index contributed by atoms with van der Waals surface area (Å²) in [6.07, 6.45) is 7.21. The molecule has 0 radical (unpaired) electrons. The minimum atomic E-state index is -0.926. The number of carbonyl (C=O) groups excluding carboxylic acids is 1. The van der Waals surface area contributed by atoms with Crippen molar-refractivity contribution in [3.8, 4) is 11.3 Å². The van der Waals surface area contributed by atoms with Gasteiger partial charge in [-0.1, -0.05) is 6.92 Å². The molecule has 2 aromatic heterocycles. The molecule has 3 aromatic rings. The third-order valence-corrected chi connectivity index (χ3v) is 7.59. The Morgan fingerprint density at radius 3 is 2.45 bits per heavy atom. The van der Waals surface area contributed by atoms with Crippen LogP contribution in [-0.2, 0) is 4.74 Å². The van der Waals surface area contributed by atoms with E-state index in [1.165, 1.54) is 18.2 Å². The second-order valence-corrected chi connectivity index (χ2v) is 10.5. The summed E-state index contributed by atoms with van der Waals surface area (Å²) in [5.41, 5.74) is 6.85. The molecule has 1 saturated heterocycles. The molecule has 38 heavy (non-hydrogen) atoms. The Morgan fingerprint density at radius 2 is 1.74 bits per heavy atom. The van der Waals surface area contributed by atoms with Crippen LogP contribution in [0, 0.1) is 23.4 Å². The number of hydrogen-bond donors (Lipinski definition) is 2. The van der Waals surface area contributed by atoms with Crippen molar-refractivity contribution in [1.29, 1.82) is 0 Å². The largest absolute Gasteiger partial charge is 0.381 e. The number of nitrogens with zero attached hydrogens (tertiary/aromatic N) is 2. The van der Waals surface area contributed by atoms with Crippen molar-refractivity contribution in [2.75, 3.05) is 18.5 Å². The molecule has 0 spiro atoms. The number of halogens is 3. The van der Waals surface area contributed by atoms with Crippen molar-refractivity contribution in [2.45, 2.75) is 56.9 Å². The predicted octanol–water partition coefficient (Wildman–Crippen LogP) is 5.94. The van der Waals surface area contributed by atoms with Crippen molar-refractivity contribution in [1.82, 2.24) is 9.97 Å². The van der Waals surface area contributed by atoms with Gasteiger partial charge in [0.1, 0.15) is 28.8 Å². The van der Waals surface area contributed by atoms with Crippen LogP contribution in [-0.4, -0.2) is 35.1 Å². The first kappa shape index (κ1) is 26.3. The summed E-state index contributed by atoms with van der Waals surface area (Å²) in [7, 11) is 0. The maximum absolute atomic E-state index is 15.1. The van der Waals surface area contributed by atoms with E-state index in [0.717, 1.165) is 30.9 Å². The van der Waals surface area contributed by atoms with Crippen LogP contribution in [0.4, 0.5) is 18.9 Å². The molecule has 2 fully saturated rings. The molecule has 1 aliphatic heterocycles. The van der Waals surface area contributed by atoms with Gasteiger partial charge in [0.15, 0.2) is 0 Å². The Bertz CT molecular complexity index is 1300. The Balaban J connectivity index is 1.42. The van der Waals surface area contributed by atoms with Crippen LogP contribution in [0.3, 0.4) is 0 Å². The lowest BCUT2D eigenvalue weighted by Crippen LogP contribution is -2.31. The highest BCUT2D eigenvalue weighted by Gasteiger charge is 2.28. The van der Waals surface area contributed by atoms with Gasteiger partial charge in [-0.15, -0.1) is 0 Å². The van der Waals surface area contributed by atoms with Gasteiger partial charge in [-0.2, -0.15) is 0 Å². The number of amides is 1. The molecule has 1 aliphatic carbocycles. The fourth-order valence-electron chi connectivity index (χ4n) is 5.79. The van der Waals surface area contributed by atoms with Crippen molar-refractivity contribution in [3.05, 3.63) is 77.0 Å². The molecule has 3 heterocycles. The van der Waals surface area contributed by atoms with Crippen LogP contribution in [0.5, 0.6) is 0 Å². The fourth-order valence-corrected chi connectivity index (χ4v) is 5.79. The van der Waals surface area contributed by atoms with Gasteiger partial charge >= 0.3 is 0 Å². The second kappa shape index (κ2) is 11.2. The van der Waals surface area contributed by atoms with Gasteiger partial charge in [0.05, 0.1) is 17.4 Å². The van der Waals surface area contributed by atoms with E-state index in [-0.39, 0.29) is 23.6 Å². The zero-order chi connectivity index (χ0) is 26.8. The first-order valence-corrected chi connectivity index (χ1v) is 13.0. The highest BCUT2D eigenvalue weighted by atomic mass is 19.1. The summed E-state index contributed by atoms with van der Waals surface area (Å²) in [5.74, 6) is -2.84. The van der Waals surface area contributed by atoms with Crippen LogP contribution in [0.1, 0.15) is 72.5 Å². The SMILES string of the molecule is C[C@@H]1C[C@@H](N)C[C@H](c2ccncc2NC(=O)c2ccc(F)c(-c3c(F)cc(C4CCOCC4)cc3F)n2)C1. The quantitative estimate of drug-likeness (QED) is 0.431. The van der Waals surface area contributed by atoms with E-state index in [2.05, 4.69) is 22.2 Å². The Kier molecular flexibility index (Phi) is 7.76. The third-order valence-electron chi connectivity index (χ3n) is 7.59. The van der Waals surface area contributed by atoms with Crippen molar-refractivity contribution in [3.63, 3.8) is 0 Å². The number of nitrogens with one attached hydrogen (secondary N) is 1. The molecule has 1 amide bonds. The van der Waals surface area contributed by atoms with E-state index in [1.54, 1.807) is 12.4 Å². The molecule has 3 N–H and O–H groups in total. The number of nitrogens with two attached hydrogens (primary N) is 1. The van der Waals surface area contributed by atoms with Gasteiger partial charge in [0, 0.05) is 25.5 Å². The third kappa shape index (κ3) is 5.59. The summed E-state index contributed by atoms with van der Waals surface area (Å²) in [4.78, 5) is 21.3. The number of rotatable bonds is 5. The van der Waals surface area contributed by atoms with E-state index in [1.807, 2.05) is 6.07 Å². The molecule has 2 aliphatic rings. The summed E-state index contributed by atoms with van der Waals surface area (Å²) >= 11 is 0. The number of aromatic nitrogens is 2. The standard InChI is InChI=1S/C29H31F3N4O2/c1-16-10-19(12-20(33)11-16)21-4-7-34-15-26(21)36-29(37)25-3-2-22(30)28(35-25)27-23(31)13-18(14-24(27)32)17-5-8-38-9-6-17/h2-4,7,13-17,19-20H,5-6,8-12,33H2,1H3,(H,36,37)/t16-,19+,20+/m0/s1. The summed E-state index contributed by atoms with van der Waals surface area (Å²) in [5, 5.41) is 2.81. The number of hydrogen-bond acceptors (Lipinski definition) is 5. The molecule has 6 nitrogen and oxygen atoms in total. The summed E-state index contributed by atoms with van der Waals surface area (Å²) in [6.45, 7) is 3.20. The molecular weight excluding hydrogens is 493 g/mol. The van der Waals surface area contributed by atoms with Crippen LogP contribution in [0.25, 0.3) is 11.3 Å². The maximum Gasteiger partial charge on any atom is 0.274 e. The van der Waals surface area contributed by atoms with E-state index in [0.29, 0.717) is 43.2 Å². The highest BCUT2D eigenvalue weighted by Crippen LogP contribution is 2.38. The minimum Gasteiger partial charge on any atom is -0.381 e. The number of benzene rings is 1. The van der Waals surface area contributed by atoms with E-state index in [4.69, 9.17) is 10.5 Å². The summed E-state index contributed by atoms with van der Waals surface area (Å²) < 4.78 is 50.4. The molecule has 3 atom stereocenters. The Labute approximate surface area is 219 Å². The average molecular weight is 525 g/mol. The number of carbonyl (C=O) groups is 1. The van der Waals surface area contributed by atoms with E-state index in [9.17, 15) is 9.18 Å². The zero-order valence-corrected chi connectivity index (χ0v) is 21.2. The summed E-state index contributed by atoms with van der Waals surface area (Å²) in [6, 6.07) is 6.56. The van der Waals surface area contributed by atoms with E-state index >= 15 is 8.78 Å². The first-order valence-electron chi connectivity index (χ1n) is 13.0. The Hall–Kier alpha value is -3.30. The molecule has 200 valence electrons. The van der Waals surface area contributed by atoms with Gasteiger partial charge in [-0.25, -0.2) is 18.2 Å². The van der Waals surface area contributed by atoms with Crippen molar-refractivity contribution in [2.24, 2.45) is 11.7 Å². The van der Waals surface area contributed by atoms with Crippen molar-refractivity contribution < 1.29 is 22.7 Å². The minimum absolute atomic E-state index is 0.0351. The average Bonchev–Trinajstić information content (AvgIpc) is 2.89. The fraction of sp³-hybridized carbons (Fsp3) is 0.414. The normalized spacial score (nSPS) is 22.3. The van der Waals surface area contributed by atoms with Gasteiger partial charge in [-0.3, -0.25) is 9.78 Å². The Morgan fingerprint density at radius 1 is 1.00 bits per heavy atom. The molecule has 1 saturated carbocycles. The lowest BCUT2D eigenvalue weighted by molar-refractivity contribution is 0.0852. The highest BCUT2D eigenvalue weighted by molar-refractivity contribution is 6.03. The number of ether oxygens (including phenoxy) is 1. The second-order valence-electron chi connectivity index (χ2n) is 10.5. The molecule has 0 bridgehead atoms. The van der Waals surface area contributed by atoms with Crippen molar-refractivity contribution >= 4 is 11.6 Å². The maximum atomic E-state index is 15.1. The topological polar surface area (TPSA) is 90.1 Å². The number of anilines is 1. The molecule has 0 unspecified atom stereocenters. The lowest BCUT2D eigenvalue weighted by Gasteiger charge is -2.32. The van der Waals surface area contributed by atoms with Crippen LogP contribution < -0.4 is 11.1 Å². The molecule has 5 rings (SSSR count). The van der Waals surface area contributed by atoms with Gasteiger partial charge in [0.2, 0.25) is 0 Å². The van der Waals surface area contributed by atoms with Crippen LogP contribution >= 0.6 is 0 Å². The number of pyridine rings is 2. The van der Waals surface area contributed by atoms with Gasteiger partial charge in [-0.05, 0) is 91.3 Å². The smallest absolute Gasteiger partial charge is 0.274 e. The molecule has 9 heteroatoms. The first-order chi connectivity index (χ1) is 18.3. The monoisotopic (exact) mass is 524 g/mol. The zero-order valence-electron chi connectivity index (χ0n) is 21.2. The molecular formula is C29H31F3N4O2. The van der Waals surface area contributed by atoms with Crippen LogP contribution in [0.2, 0.25) is 0 Å². The predicted molar refractivity (Wildman–Crippen MR) is 138 cm³/mol. The van der Waals surface area contributed by atoms with Crippen LogP contribution in [0.15, 0.2) is 42.7 Å².